The minimum absolute atomic E-state index is 0.466. The number of aromatic nitrogens is 4. The molecule has 0 aliphatic heterocycles. The van der Waals surface area contributed by atoms with Gasteiger partial charge in [0.1, 0.15) is 0 Å². The van der Waals surface area contributed by atoms with Crippen LogP contribution in [-0.4, -0.2) is 24.7 Å². The molecule has 0 aliphatic carbocycles. The minimum atomic E-state index is 0.466. The Balaban J connectivity index is 1.40. The van der Waals surface area contributed by atoms with Gasteiger partial charge in [-0.3, -0.25) is 9.36 Å². The summed E-state index contributed by atoms with van der Waals surface area (Å²) in [4.78, 5) is 0. The van der Waals surface area contributed by atoms with Crippen LogP contribution in [0.15, 0.2) is 59.3 Å². The summed E-state index contributed by atoms with van der Waals surface area (Å²) in [5.41, 5.74) is 5.56. The van der Waals surface area contributed by atoms with E-state index < -0.39 is 0 Å². The molecule has 0 saturated heterocycles. The van der Waals surface area contributed by atoms with Crippen molar-refractivity contribution in [3.05, 3.63) is 91.9 Å². The molecule has 4 rings (SSSR count). The maximum absolute atomic E-state index is 6.33. The number of hydrogen-bond acceptors (Lipinski definition) is 3. The first-order valence-electron chi connectivity index (χ1n) is 10.1. The summed E-state index contributed by atoms with van der Waals surface area (Å²) in [6.45, 7) is 5.14. The number of hydrogen-bond donors (Lipinski definition) is 2. The van der Waals surface area contributed by atoms with Gasteiger partial charge in [0, 0.05) is 20.7 Å². The van der Waals surface area contributed by atoms with Gasteiger partial charge >= 0.3 is 0 Å². The van der Waals surface area contributed by atoms with Crippen LogP contribution in [0.2, 0.25) is 10.0 Å². The molecule has 0 radical (unpaired) electrons. The highest BCUT2D eigenvalue weighted by atomic mass is 79.9. The minimum Gasteiger partial charge on any atom is -0.330 e. The van der Waals surface area contributed by atoms with Crippen molar-refractivity contribution in [3.63, 3.8) is 0 Å². The summed E-state index contributed by atoms with van der Waals surface area (Å²) in [7, 11) is 0. The van der Waals surface area contributed by atoms with E-state index in [2.05, 4.69) is 48.9 Å². The lowest BCUT2D eigenvalue weighted by Crippen LogP contribution is -2.19. The number of halogens is 3. The summed E-state index contributed by atoms with van der Waals surface area (Å²) in [5, 5.41) is 17.2. The molecule has 2 aromatic heterocycles. The van der Waals surface area contributed by atoms with Gasteiger partial charge in [0.05, 0.1) is 42.0 Å². The van der Waals surface area contributed by atoms with Crippen LogP contribution in [0.25, 0.3) is 0 Å². The fourth-order valence-corrected chi connectivity index (χ4v) is 4.36. The molecule has 2 N–H and O–H groups in total. The third kappa shape index (κ3) is 5.95. The second-order valence-electron chi connectivity index (χ2n) is 7.57. The Bertz CT molecular complexity index is 1300. The normalized spacial score (nSPS) is 10.9. The second-order valence-corrected chi connectivity index (χ2v) is 9.74. The van der Waals surface area contributed by atoms with Crippen LogP contribution >= 0.6 is 51.3 Å². The van der Waals surface area contributed by atoms with Crippen molar-refractivity contribution in [3.8, 4) is 0 Å². The predicted octanol–water partition coefficient (Wildman–Crippen LogP) is 6.67. The number of nitrogens with zero attached hydrogens (tertiary/aromatic N) is 4. The smallest absolute Gasteiger partial charge is 0.175 e. The van der Waals surface area contributed by atoms with Crippen LogP contribution in [0, 0.1) is 13.8 Å². The van der Waals surface area contributed by atoms with Gasteiger partial charge in [-0.05, 0) is 61.5 Å². The summed E-state index contributed by atoms with van der Waals surface area (Å²) in [5.74, 6) is 0. The fraction of sp³-hybridized carbons (Fsp3) is 0.174. The van der Waals surface area contributed by atoms with Crippen molar-refractivity contribution in [1.82, 2.24) is 19.6 Å². The standard InChI is InChI=1S/C23H21BrCl2N6S/c1-14-22(15(2)32(30-14)12-17-5-8-19(25)9-21(17)26)29-23(33)28-20-10-27-31(13-20)11-16-3-6-18(24)7-4-16/h3-10,13H,11-12H2,1-2H3,(H2,28,29,33). The number of aryl methyl sites for hydroxylation is 1. The molecule has 0 spiro atoms. The third-order valence-corrected chi connectivity index (χ3v) is 6.42. The Morgan fingerprint density at radius 2 is 1.82 bits per heavy atom. The number of benzene rings is 2. The molecule has 10 heteroatoms. The van der Waals surface area contributed by atoms with Gasteiger partial charge in [-0.2, -0.15) is 10.2 Å². The van der Waals surface area contributed by atoms with Crippen LogP contribution in [0.5, 0.6) is 0 Å². The lowest BCUT2D eigenvalue weighted by Gasteiger charge is -2.10. The Morgan fingerprint density at radius 1 is 1.06 bits per heavy atom. The first kappa shape index (κ1) is 23.8. The van der Waals surface area contributed by atoms with Gasteiger partial charge in [-0.15, -0.1) is 0 Å². The van der Waals surface area contributed by atoms with Crippen molar-refractivity contribution in [2.24, 2.45) is 0 Å². The average molecular weight is 564 g/mol. The molecule has 0 unspecified atom stereocenters. The van der Waals surface area contributed by atoms with Crippen LogP contribution in [0.4, 0.5) is 11.4 Å². The molecule has 6 nitrogen and oxygen atoms in total. The number of rotatable bonds is 6. The first-order valence-corrected chi connectivity index (χ1v) is 12.1. The average Bonchev–Trinajstić information content (AvgIpc) is 3.30. The lowest BCUT2D eigenvalue weighted by atomic mass is 10.2. The van der Waals surface area contributed by atoms with Gasteiger partial charge in [-0.25, -0.2) is 0 Å². The molecule has 0 aliphatic rings. The highest BCUT2D eigenvalue weighted by molar-refractivity contribution is 9.10. The monoisotopic (exact) mass is 562 g/mol. The summed E-state index contributed by atoms with van der Waals surface area (Å²) in [6.07, 6.45) is 3.67. The van der Waals surface area contributed by atoms with E-state index in [-0.39, 0.29) is 0 Å². The van der Waals surface area contributed by atoms with Gasteiger partial charge < -0.3 is 10.6 Å². The molecule has 0 saturated carbocycles. The Hall–Kier alpha value is -2.39. The zero-order valence-electron chi connectivity index (χ0n) is 17.9. The Morgan fingerprint density at radius 3 is 2.55 bits per heavy atom. The molecule has 2 heterocycles. The summed E-state index contributed by atoms with van der Waals surface area (Å²) >= 11 is 21.3. The van der Waals surface area contributed by atoms with Crippen LogP contribution < -0.4 is 10.6 Å². The van der Waals surface area contributed by atoms with Crippen molar-refractivity contribution in [2.45, 2.75) is 26.9 Å². The largest absolute Gasteiger partial charge is 0.330 e. The second kappa shape index (κ2) is 10.3. The van der Waals surface area contributed by atoms with Crippen LogP contribution in [-0.2, 0) is 13.1 Å². The summed E-state index contributed by atoms with van der Waals surface area (Å²) < 4.78 is 4.81. The first-order chi connectivity index (χ1) is 15.8. The molecule has 170 valence electrons. The van der Waals surface area contributed by atoms with E-state index in [0.717, 1.165) is 38.4 Å². The third-order valence-electron chi connectivity index (χ3n) is 5.10. The van der Waals surface area contributed by atoms with Gasteiger partial charge in [0.15, 0.2) is 5.11 Å². The molecule has 2 aromatic carbocycles. The molecular formula is C23H21BrCl2N6S. The van der Waals surface area contributed by atoms with Crippen LogP contribution in [0.3, 0.4) is 0 Å². The SMILES string of the molecule is Cc1nn(Cc2ccc(Cl)cc2Cl)c(C)c1NC(=S)Nc1cnn(Cc2ccc(Br)cc2)c1. The zero-order valence-corrected chi connectivity index (χ0v) is 21.9. The van der Waals surface area contributed by atoms with E-state index in [1.165, 1.54) is 0 Å². The highest BCUT2D eigenvalue weighted by Gasteiger charge is 2.14. The van der Waals surface area contributed by atoms with Gasteiger partial charge in [0.25, 0.3) is 0 Å². The molecule has 0 amide bonds. The topological polar surface area (TPSA) is 59.7 Å². The molecule has 33 heavy (non-hydrogen) atoms. The zero-order chi connectivity index (χ0) is 23.5. The van der Waals surface area contributed by atoms with E-state index in [9.17, 15) is 0 Å². The lowest BCUT2D eigenvalue weighted by molar-refractivity contribution is 0.659. The molecule has 0 bridgehead atoms. The molecular weight excluding hydrogens is 543 g/mol. The number of nitrogens with one attached hydrogen (secondary N) is 2. The van der Waals surface area contributed by atoms with E-state index >= 15 is 0 Å². The predicted molar refractivity (Wildman–Crippen MR) is 143 cm³/mol. The molecule has 4 aromatic rings. The van der Waals surface area contributed by atoms with E-state index in [4.69, 9.17) is 35.4 Å². The van der Waals surface area contributed by atoms with Crippen molar-refractivity contribution < 1.29 is 0 Å². The highest BCUT2D eigenvalue weighted by Crippen LogP contribution is 2.25. The van der Waals surface area contributed by atoms with Gasteiger partial charge in [0.2, 0.25) is 0 Å². The van der Waals surface area contributed by atoms with Gasteiger partial charge in [-0.1, -0.05) is 57.3 Å². The maximum atomic E-state index is 6.33. The quantitative estimate of drug-likeness (QED) is 0.256. The van der Waals surface area contributed by atoms with Crippen molar-refractivity contribution in [1.29, 1.82) is 0 Å². The Labute approximate surface area is 216 Å². The molecule has 0 atom stereocenters. The fourth-order valence-electron chi connectivity index (χ4n) is 3.41. The number of anilines is 2. The van der Waals surface area contributed by atoms with E-state index in [1.807, 2.05) is 53.7 Å². The maximum Gasteiger partial charge on any atom is 0.175 e. The van der Waals surface area contributed by atoms with Crippen molar-refractivity contribution >= 4 is 67.8 Å². The van der Waals surface area contributed by atoms with E-state index in [1.54, 1.807) is 12.3 Å². The molecule has 0 fully saturated rings. The van der Waals surface area contributed by atoms with Crippen LogP contribution in [0.1, 0.15) is 22.5 Å². The summed E-state index contributed by atoms with van der Waals surface area (Å²) in [6, 6.07) is 13.6. The Kier molecular flexibility index (Phi) is 7.38. The van der Waals surface area contributed by atoms with Crippen molar-refractivity contribution in [2.75, 3.05) is 10.6 Å². The number of thiocarbonyl (C=S) groups is 1. The van der Waals surface area contributed by atoms with E-state index in [0.29, 0.717) is 28.2 Å².